The van der Waals surface area contributed by atoms with E-state index < -0.39 is 17.8 Å². The van der Waals surface area contributed by atoms with Crippen molar-refractivity contribution in [2.75, 3.05) is 39.5 Å². The minimum absolute atomic E-state index is 0.113. The van der Waals surface area contributed by atoms with E-state index in [2.05, 4.69) is 10.6 Å². The van der Waals surface area contributed by atoms with Gasteiger partial charge in [0.2, 0.25) is 5.91 Å². The summed E-state index contributed by atoms with van der Waals surface area (Å²) in [6.07, 6.45) is 0. The smallest absolute Gasteiger partial charge is 0.344 e. The number of carbonyl (C=O) groups excluding carboxylic acids is 4. The molecule has 0 bridgehead atoms. The molecule has 0 aromatic heterocycles. The van der Waals surface area contributed by atoms with Crippen LogP contribution in [-0.2, 0) is 23.9 Å². The van der Waals surface area contributed by atoms with Crippen molar-refractivity contribution in [2.24, 2.45) is 5.92 Å². The summed E-state index contributed by atoms with van der Waals surface area (Å²) in [5, 5.41) is 5.37. The van der Waals surface area contributed by atoms with Crippen LogP contribution in [0.15, 0.2) is 18.2 Å². The van der Waals surface area contributed by atoms with Gasteiger partial charge in [0.05, 0.1) is 13.2 Å². The highest BCUT2D eigenvalue weighted by Crippen LogP contribution is 2.23. The predicted molar refractivity (Wildman–Crippen MR) is 111 cm³/mol. The fraction of sp³-hybridized carbons (Fsp3) is 0.524. The van der Waals surface area contributed by atoms with Crippen LogP contribution < -0.4 is 20.1 Å². The summed E-state index contributed by atoms with van der Waals surface area (Å²) in [4.78, 5) is 47.1. The first-order valence-electron chi connectivity index (χ1n) is 10.0. The van der Waals surface area contributed by atoms with Gasteiger partial charge in [-0.15, -0.1) is 0 Å². The average Bonchev–Trinajstić information content (AvgIpc) is 2.73. The molecule has 10 heteroatoms. The first-order chi connectivity index (χ1) is 14.8. The lowest BCUT2D eigenvalue weighted by Gasteiger charge is -2.13. The number of ether oxygens (including phenoxy) is 4. The molecule has 0 saturated carbocycles. The Bertz CT molecular complexity index is 723. The Morgan fingerprint density at radius 3 is 1.74 bits per heavy atom. The summed E-state index contributed by atoms with van der Waals surface area (Å²) in [7, 11) is 0. The maximum absolute atomic E-state index is 12.5. The van der Waals surface area contributed by atoms with Crippen LogP contribution in [-0.4, -0.2) is 63.3 Å². The van der Waals surface area contributed by atoms with E-state index in [0.29, 0.717) is 0 Å². The Balaban J connectivity index is 2.81. The molecule has 1 aromatic rings. The zero-order chi connectivity index (χ0) is 23.2. The van der Waals surface area contributed by atoms with Crippen molar-refractivity contribution in [3.05, 3.63) is 23.8 Å². The van der Waals surface area contributed by atoms with Crippen molar-refractivity contribution in [3.8, 4) is 11.5 Å². The minimum Gasteiger partial charge on any atom is -0.482 e. The van der Waals surface area contributed by atoms with Gasteiger partial charge in [0.1, 0.15) is 11.5 Å². The van der Waals surface area contributed by atoms with Crippen molar-refractivity contribution in [1.29, 1.82) is 0 Å². The van der Waals surface area contributed by atoms with Gasteiger partial charge < -0.3 is 29.6 Å². The molecule has 2 N–H and O–H groups in total. The van der Waals surface area contributed by atoms with E-state index >= 15 is 0 Å². The molecule has 0 unspecified atom stereocenters. The monoisotopic (exact) mass is 438 g/mol. The molecule has 0 aliphatic heterocycles. The van der Waals surface area contributed by atoms with Gasteiger partial charge in [0.15, 0.2) is 13.2 Å². The van der Waals surface area contributed by atoms with E-state index in [9.17, 15) is 19.2 Å². The number of nitrogens with one attached hydrogen (secondary N) is 2. The molecule has 31 heavy (non-hydrogen) atoms. The molecule has 0 radical (unpaired) electrons. The molecule has 0 saturated heterocycles. The molecule has 0 aliphatic carbocycles. The lowest BCUT2D eigenvalue weighted by atomic mass is 10.2. The highest BCUT2D eigenvalue weighted by atomic mass is 16.6. The highest BCUT2D eigenvalue weighted by Gasteiger charge is 2.13. The normalized spacial score (nSPS) is 10.2. The number of hydrogen-bond donors (Lipinski definition) is 2. The van der Waals surface area contributed by atoms with E-state index in [-0.39, 0.29) is 68.4 Å². The highest BCUT2D eigenvalue weighted by molar-refractivity contribution is 5.95. The van der Waals surface area contributed by atoms with E-state index in [1.165, 1.54) is 18.2 Å². The predicted octanol–water partition coefficient (Wildman–Crippen LogP) is 1.07. The Morgan fingerprint density at radius 2 is 1.29 bits per heavy atom. The number of esters is 2. The zero-order valence-electron chi connectivity index (χ0n) is 18.3. The van der Waals surface area contributed by atoms with Gasteiger partial charge in [-0.1, -0.05) is 13.8 Å². The second kappa shape index (κ2) is 13.8. The van der Waals surface area contributed by atoms with Crippen LogP contribution in [0.25, 0.3) is 0 Å². The first kappa shape index (κ1) is 25.7. The molecular weight excluding hydrogens is 408 g/mol. The second-order valence-electron chi connectivity index (χ2n) is 6.58. The van der Waals surface area contributed by atoms with Crippen LogP contribution in [0.5, 0.6) is 11.5 Å². The molecule has 0 aliphatic rings. The quantitative estimate of drug-likeness (QED) is 0.346. The molecular formula is C21H30N2O8. The summed E-state index contributed by atoms with van der Waals surface area (Å²) < 4.78 is 20.4. The van der Waals surface area contributed by atoms with Crippen molar-refractivity contribution < 1.29 is 38.1 Å². The summed E-state index contributed by atoms with van der Waals surface area (Å²) in [5.74, 6) is -1.46. The van der Waals surface area contributed by atoms with Crippen LogP contribution >= 0.6 is 0 Å². The third-order valence-electron chi connectivity index (χ3n) is 3.70. The lowest BCUT2D eigenvalue weighted by molar-refractivity contribution is -0.146. The molecule has 172 valence electrons. The maximum Gasteiger partial charge on any atom is 0.344 e. The van der Waals surface area contributed by atoms with E-state index in [0.717, 1.165) is 0 Å². The van der Waals surface area contributed by atoms with Gasteiger partial charge in [0.25, 0.3) is 5.91 Å². The van der Waals surface area contributed by atoms with Crippen LogP contribution in [0.3, 0.4) is 0 Å². The summed E-state index contributed by atoms with van der Waals surface area (Å²) >= 11 is 0. The lowest BCUT2D eigenvalue weighted by Crippen LogP contribution is -2.36. The number of benzene rings is 1. The van der Waals surface area contributed by atoms with Crippen molar-refractivity contribution >= 4 is 23.8 Å². The molecule has 0 heterocycles. The van der Waals surface area contributed by atoms with E-state index in [1.807, 2.05) is 0 Å². The van der Waals surface area contributed by atoms with Gasteiger partial charge in [-0.3, -0.25) is 9.59 Å². The molecule has 0 spiro atoms. The van der Waals surface area contributed by atoms with Gasteiger partial charge in [0, 0.05) is 30.6 Å². The third kappa shape index (κ3) is 10.3. The summed E-state index contributed by atoms with van der Waals surface area (Å²) in [6, 6.07) is 4.30. The van der Waals surface area contributed by atoms with Gasteiger partial charge in [-0.05, 0) is 26.0 Å². The van der Waals surface area contributed by atoms with Crippen LogP contribution in [0.4, 0.5) is 0 Å². The molecule has 1 rings (SSSR count). The fourth-order valence-electron chi connectivity index (χ4n) is 2.23. The second-order valence-corrected chi connectivity index (χ2v) is 6.58. The van der Waals surface area contributed by atoms with E-state index in [1.54, 1.807) is 27.7 Å². The largest absolute Gasteiger partial charge is 0.482 e. The Kier molecular flexibility index (Phi) is 11.5. The van der Waals surface area contributed by atoms with Gasteiger partial charge >= 0.3 is 11.9 Å². The number of hydrogen-bond acceptors (Lipinski definition) is 8. The van der Waals surface area contributed by atoms with Crippen molar-refractivity contribution in [3.63, 3.8) is 0 Å². The molecule has 10 nitrogen and oxygen atoms in total. The number of carbonyl (C=O) groups is 4. The van der Waals surface area contributed by atoms with Crippen LogP contribution in [0.1, 0.15) is 38.1 Å². The van der Waals surface area contributed by atoms with Gasteiger partial charge in [-0.2, -0.15) is 0 Å². The fourth-order valence-corrected chi connectivity index (χ4v) is 2.23. The number of amides is 2. The topological polar surface area (TPSA) is 129 Å². The molecule has 1 aromatic carbocycles. The average molecular weight is 438 g/mol. The summed E-state index contributed by atoms with van der Waals surface area (Å²) in [6.45, 7) is 7.10. The number of rotatable bonds is 13. The zero-order valence-corrected chi connectivity index (χ0v) is 18.3. The Morgan fingerprint density at radius 1 is 0.806 bits per heavy atom. The summed E-state index contributed by atoms with van der Waals surface area (Å²) in [5.41, 5.74) is 0.190. The van der Waals surface area contributed by atoms with Gasteiger partial charge in [-0.25, -0.2) is 9.59 Å². The van der Waals surface area contributed by atoms with Crippen molar-refractivity contribution in [2.45, 2.75) is 27.7 Å². The maximum atomic E-state index is 12.5. The first-order valence-corrected chi connectivity index (χ1v) is 10.0. The Hall–Kier alpha value is -3.30. The van der Waals surface area contributed by atoms with Crippen LogP contribution in [0.2, 0.25) is 0 Å². The Labute approximate surface area is 181 Å². The molecule has 0 atom stereocenters. The third-order valence-corrected chi connectivity index (χ3v) is 3.70. The molecule has 2 amide bonds. The molecule has 0 fully saturated rings. The minimum atomic E-state index is -0.563. The van der Waals surface area contributed by atoms with Crippen LogP contribution in [0, 0.1) is 5.92 Å². The van der Waals surface area contributed by atoms with E-state index in [4.69, 9.17) is 18.9 Å². The van der Waals surface area contributed by atoms with Crippen molar-refractivity contribution in [1.82, 2.24) is 10.6 Å². The SMILES string of the molecule is CCOC(=O)COc1cc(OCC(=O)OCC)cc(C(=O)NCCNC(=O)C(C)C)c1. The standard InChI is InChI=1S/C21H30N2O8/c1-5-28-18(24)12-30-16-9-15(10-17(11-16)31-13-19(25)29-6-2)21(27)23-8-7-22-20(26)14(3)4/h9-11,14H,5-8,12-13H2,1-4H3,(H,22,26)(H,23,27).